The van der Waals surface area contributed by atoms with E-state index in [9.17, 15) is 19.5 Å². The number of amides is 3. The lowest BCUT2D eigenvalue weighted by atomic mass is 9.97. The first-order chi connectivity index (χ1) is 17.2. The molecule has 198 valence electrons. The van der Waals surface area contributed by atoms with E-state index in [0.29, 0.717) is 21.8 Å². The highest BCUT2D eigenvalue weighted by molar-refractivity contribution is 6.34. The molecule has 0 spiro atoms. The summed E-state index contributed by atoms with van der Waals surface area (Å²) in [5, 5.41) is 16.4. The number of anilines is 1. The molecule has 0 aliphatic rings. The van der Waals surface area contributed by atoms with Crippen molar-refractivity contribution in [3.63, 3.8) is 0 Å². The second kappa shape index (κ2) is 12.0. The van der Waals surface area contributed by atoms with Crippen LogP contribution in [0.1, 0.15) is 57.4 Å². The maximum absolute atomic E-state index is 13.7. The van der Waals surface area contributed by atoms with E-state index in [1.54, 1.807) is 78.8 Å². The van der Waals surface area contributed by atoms with E-state index in [4.69, 9.17) is 22.8 Å². The summed E-state index contributed by atoms with van der Waals surface area (Å²) in [4.78, 5) is 40.8. The van der Waals surface area contributed by atoms with Crippen molar-refractivity contribution in [1.29, 1.82) is 0 Å². The third kappa shape index (κ3) is 7.40. The molecular formula is C28H34ClN3O5. The number of halogens is 1. The Morgan fingerprint density at radius 3 is 2.22 bits per heavy atom. The molecule has 0 radical (unpaired) electrons. The van der Waals surface area contributed by atoms with Crippen LogP contribution in [-0.2, 0) is 14.3 Å². The van der Waals surface area contributed by atoms with Crippen molar-refractivity contribution in [3.8, 4) is 18.2 Å². The number of terminal acetylenes is 1. The van der Waals surface area contributed by atoms with Crippen molar-refractivity contribution in [2.75, 3.05) is 5.32 Å². The van der Waals surface area contributed by atoms with Gasteiger partial charge in [0.15, 0.2) is 6.04 Å². The molecule has 0 aromatic heterocycles. The van der Waals surface area contributed by atoms with Crippen LogP contribution >= 0.6 is 11.6 Å². The molecule has 3 amide bonds. The molecule has 8 nitrogen and oxygen atoms in total. The summed E-state index contributed by atoms with van der Waals surface area (Å²) in [6.45, 7) is 12.0. The maximum Gasteiger partial charge on any atom is 0.408 e. The molecule has 9 heteroatoms. The number of nitrogens with zero attached hydrogens (tertiary/aromatic N) is 1. The molecule has 0 saturated heterocycles. The van der Waals surface area contributed by atoms with Crippen LogP contribution in [0.15, 0.2) is 36.4 Å². The zero-order valence-corrected chi connectivity index (χ0v) is 22.9. The average molecular weight is 528 g/mol. The van der Waals surface area contributed by atoms with Crippen LogP contribution in [0, 0.1) is 32.2 Å². The van der Waals surface area contributed by atoms with Gasteiger partial charge in [0.25, 0.3) is 11.8 Å². The van der Waals surface area contributed by atoms with Crippen molar-refractivity contribution in [2.24, 2.45) is 5.92 Å². The minimum absolute atomic E-state index is 0.119. The Kier molecular flexibility index (Phi) is 9.60. The molecule has 2 unspecified atom stereocenters. The minimum Gasteiger partial charge on any atom is -0.507 e. The summed E-state index contributed by atoms with van der Waals surface area (Å²) in [5.74, 6) is -2.01. The number of aryl methyl sites for hydroxylation is 2. The predicted octanol–water partition coefficient (Wildman–Crippen LogP) is 5.31. The summed E-state index contributed by atoms with van der Waals surface area (Å²) in [6.07, 6.45) is 4.98. The van der Waals surface area contributed by atoms with E-state index in [1.807, 2.05) is 0 Å². The van der Waals surface area contributed by atoms with Crippen molar-refractivity contribution in [1.82, 2.24) is 10.2 Å². The number of phenolic OH excluding ortho intramolecular Hbond substituents is 1. The van der Waals surface area contributed by atoms with Gasteiger partial charge in [0.1, 0.15) is 17.4 Å². The standard InChI is InChI=1S/C28H34ClN3O5/c1-9-32(26(35)21(16(2)3)31-27(36)37-28(6,7)8)23(19-14-10-13-18(5)24(19)33)25(34)30-22-17(4)12-11-15-20(22)29/h1,10-16,21,23,33H,2-8H3,(H,30,34)(H,31,36). The second-order valence-corrected chi connectivity index (χ2v) is 10.4. The van der Waals surface area contributed by atoms with E-state index in [1.165, 1.54) is 6.07 Å². The van der Waals surface area contributed by atoms with Crippen molar-refractivity contribution in [2.45, 2.75) is 66.2 Å². The van der Waals surface area contributed by atoms with Crippen LogP contribution < -0.4 is 10.6 Å². The topological polar surface area (TPSA) is 108 Å². The number of hydrogen-bond acceptors (Lipinski definition) is 5. The van der Waals surface area contributed by atoms with Crippen molar-refractivity contribution in [3.05, 3.63) is 58.1 Å². The van der Waals surface area contributed by atoms with Gasteiger partial charge in [0, 0.05) is 11.6 Å². The number of nitrogens with one attached hydrogen (secondary N) is 2. The fourth-order valence-electron chi connectivity index (χ4n) is 3.65. The number of aromatic hydroxyl groups is 1. The van der Waals surface area contributed by atoms with Crippen LogP contribution in [0.2, 0.25) is 5.02 Å². The van der Waals surface area contributed by atoms with Crippen LogP contribution in [0.25, 0.3) is 0 Å². The maximum atomic E-state index is 13.7. The van der Waals surface area contributed by atoms with E-state index < -0.39 is 41.5 Å². The Morgan fingerprint density at radius 1 is 1.08 bits per heavy atom. The first-order valence-electron chi connectivity index (χ1n) is 11.8. The van der Waals surface area contributed by atoms with Gasteiger partial charge in [0.2, 0.25) is 0 Å². The van der Waals surface area contributed by atoms with E-state index >= 15 is 0 Å². The number of ether oxygens (including phenoxy) is 1. The van der Waals surface area contributed by atoms with E-state index in [2.05, 4.69) is 16.7 Å². The molecule has 0 aliphatic heterocycles. The van der Waals surface area contributed by atoms with Gasteiger partial charge in [-0.1, -0.05) is 62.2 Å². The zero-order valence-electron chi connectivity index (χ0n) is 22.2. The number of para-hydroxylation sites is 2. The van der Waals surface area contributed by atoms with Crippen LogP contribution in [0.5, 0.6) is 5.75 Å². The lowest BCUT2D eigenvalue weighted by molar-refractivity contribution is -0.137. The lowest BCUT2D eigenvalue weighted by Crippen LogP contribution is -2.53. The van der Waals surface area contributed by atoms with E-state index in [0.717, 1.165) is 4.90 Å². The first-order valence-corrected chi connectivity index (χ1v) is 12.2. The third-order valence-electron chi connectivity index (χ3n) is 5.52. The normalized spacial score (nSPS) is 12.8. The Bertz CT molecular complexity index is 1190. The fraction of sp³-hybridized carbons (Fsp3) is 0.393. The van der Waals surface area contributed by atoms with Crippen LogP contribution in [0.3, 0.4) is 0 Å². The Labute approximate surface area is 223 Å². The molecule has 2 atom stereocenters. The number of rotatable bonds is 7. The predicted molar refractivity (Wildman–Crippen MR) is 144 cm³/mol. The highest BCUT2D eigenvalue weighted by Crippen LogP contribution is 2.34. The molecule has 37 heavy (non-hydrogen) atoms. The third-order valence-corrected chi connectivity index (χ3v) is 5.84. The molecule has 0 fully saturated rings. The molecule has 0 aliphatic carbocycles. The number of carbonyl (C=O) groups is 3. The molecule has 0 bridgehead atoms. The molecule has 0 saturated carbocycles. The minimum atomic E-state index is -1.44. The largest absolute Gasteiger partial charge is 0.507 e. The van der Waals surface area contributed by atoms with E-state index in [-0.39, 0.29) is 11.3 Å². The number of phenols is 1. The number of hydrogen-bond donors (Lipinski definition) is 3. The van der Waals surface area contributed by atoms with Gasteiger partial charge >= 0.3 is 6.09 Å². The molecule has 2 rings (SSSR count). The molecule has 2 aromatic rings. The number of benzene rings is 2. The average Bonchev–Trinajstić information content (AvgIpc) is 2.78. The highest BCUT2D eigenvalue weighted by atomic mass is 35.5. The summed E-state index contributed by atoms with van der Waals surface area (Å²) < 4.78 is 5.31. The molecule has 2 aromatic carbocycles. The van der Waals surface area contributed by atoms with Crippen LogP contribution in [0.4, 0.5) is 10.5 Å². The monoisotopic (exact) mass is 527 g/mol. The van der Waals surface area contributed by atoms with Gasteiger partial charge in [0.05, 0.1) is 10.7 Å². The van der Waals surface area contributed by atoms with Gasteiger partial charge < -0.3 is 20.5 Å². The fourth-order valence-corrected chi connectivity index (χ4v) is 3.91. The zero-order chi connectivity index (χ0) is 28.1. The Hall–Kier alpha value is -3.70. The first kappa shape index (κ1) is 29.5. The molecule has 0 heterocycles. The van der Waals surface area contributed by atoms with Gasteiger partial charge in [-0.25, -0.2) is 4.79 Å². The van der Waals surface area contributed by atoms with Crippen molar-refractivity contribution < 1.29 is 24.2 Å². The number of carbonyl (C=O) groups excluding carboxylic acids is 3. The summed E-state index contributed by atoms with van der Waals surface area (Å²) >= 11 is 6.31. The Balaban J connectivity index is 2.56. The number of alkyl carbamates (subject to hydrolysis) is 1. The van der Waals surface area contributed by atoms with Crippen molar-refractivity contribution >= 4 is 35.2 Å². The Morgan fingerprint density at radius 2 is 1.68 bits per heavy atom. The van der Waals surface area contributed by atoms with Gasteiger partial charge in [-0.05, 0) is 57.7 Å². The summed E-state index contributed by atoms with van der Waals surface area (Å²) in [7, 11) is 0. The van der Waals surface area contributed by atoms with Crippen LogP contribution in [-0.4, -0.2) is 39.6 Å². The SMILES string of the molecule is C#CN(C(=O)C(NC(=O)OC(C)(C)C)C(C)C)C(C(=O)Nc1c(C)cccc1Cl)c1cccc(C)c1O. The van der Waals surface area contributed by atoms with Gasteiger partial charge in [-0.3, -0.25) is 14.5 Å². The molecular weight excluding hydrogens is 494 g/mol. The molecule has 3 N–H and O–H groups in total. The quantitative estimate of drug-likeness (QED) is 0.334. The highest BCUT2D eigenvalue weighted by Gasteiger charge is 2.38. The van der Waals surface area contributed by atoms with Gasteiger partial charge in [-0.15, -0.1) is 0 Å². The lowest BCUT2D eigenvalue weighted by Gasteiger charge is -2.32. The summed E-state index contributed by atoms with van der Waals surface area (Å²) in [6, 6.07) is 9.68. The smallest absolute Gasteiger partial charge is 0.408 e. The van der Waals surface area contributed by atoms with Gasteiger partial charge in [-0.2, -0.15) is 0 Å². The summed E-state index contributed by atoms with van der Waals surface area (Å²) in [5.41, 5.74) is 0.860. The second-order valence-electron chi connectivity index (χ2n) is 10.0.